The molecular formula is C42H66O10. The van der Waals surface area contributed by atoms with E-state index in [1.807, 2.05) is 20.8 Å². The van der Waals surface area contributed by atoms with Crippen molar-refractivity contribution >= 4 is 29.8 Å². The fourth-order valence-electron chi connectivity index (χ4n) is 10.6. The van der Waals surface area contributed by atoms with E-state index in [1.54, 1.807) is 13.8 Å². The maximum atomic E-state index is 14.9. The lowest BCUT2D eigenvalue weighted by Crippen LogP contribution is -2.55. The van der Waals surface area contributed by atoms with Crippen LogP contribution in [0, 0.1) is 44.8 Å². The lowest BCUT2D eigenvalue weighted by atomic mass is 9.57. The number of carbonyl (C=O) groups is 5. The van der Waals surface area contributed by atoms with Gasteiger partial charge in [-0.15, -0.1) is 0 Å². The van der Waals surface area contributed by atoms with Gasteiger partial charge < -0.3 is 24.1 Å². The summed E-state index contributed by atoms with van der Waals surface area (Å²) in [5.41, 5.74) is -7.72. The molecular weight excluding hydrogens is 664 g/mol. The van der Waals surface area contributed by atoms with Crippen molar-refractivity contribution in [1.82, 2.24) is 0 Å². The number of aliphatic carboxylic acids is 1. The van der Waals surface area contributed by atoms with E-state index >= 15 is 0 Å². The molecule has 5 fully saturated rings. The summed E-state index contributed by atoms with van der Waals surface area (Å²) >= 11 is 0. The Morgan fingerprint density at radius 2 is 1.35 bits per heavy atom. The van der Waals surface area contributed by atoms with Gasteiger partial charge in [-0.1, -0.05) is 41.0 Å². The monoisotopic (exact) mass is 730 g/mol. The van der Waals surface area contributed by atoms with Crippen LogP contribution in [0.25, 0.3) is 0 Å². The molecule has 8 unspecified atom stereocenters. The zero-order valence-electron chi connectivity index (χ0n) is 33.6. The normalized spacial score (nSPS) is 31.1. The summed E-state index contributed by atoms with van der Waals surface area (Å²) in [4.78, 5) is 69.7. The van der Waals surface area contributed by atoms with E-state index in [0.717, 1.165) is 57.8 Å². The Hall–Kier alpha value is -2.65. The maximum absolute atomic E-state index is 14.9. The number of rotatable bonds is 14. The first-order chi connectivity index (χ1) is 24.0. The van der Waals surface area contributed by atoms with E-state index in [4.69, 9.17) is 18.9 Å². The standard InChI is InChI=1S/C42H66O10/c1-11-38(8,33(46)52-42(36(3,4)5)20-14-13-15-21-42)24-39(9,34(47)51-41(12-2)18-16-17-19-41)25-40(10,37(6,7)32(44)45)35(48)50-29-26-22-27-28(23-26)31(43)49-30(27)29/h26-30H,11-25H2,1-10H3,(H,44,45). The van der Waals surface area contributed by atoms with Crippen molar-refractivity contribution in [2.24, 2.45) is 44.8 Å². The number of carboxylic acids is 1. The van der Waals surface area contributed by atoms with E-state index in [1.165, 1.54) is 13.8 Å². The molecule has 1 heterocycles. The van der Waals surface area contributed by atoms with Crippen LogP contribution in [0.2, 0.25) is 0 Å². The fourth-order valence-corrected chi connectivity index (χ4v) is 10.6. The second-order valence-electron chi connectivity index (χ2n) is 19.7. The van der Waals surface area contributed by atoms with Crippen molar-refractivity contribution in [2.45, 2.75) is 189 Å². The van der Waals surface area contributed by atoms with Crippen LogP contribution in [0.4, 0.5) is 0 Å². The quantitative estimate of drug-likeness (QED) is 0.137. The SMILES string of the molecule is CCC1(OC(=O)C(C)(CC(C)(CC)C(=O)OC2(C(C)(C)C)CCCCC2)CC(C)(C(=O)OC2C3CC4C(=O)OC2C4C3)C(C)(C)C(=O)O)CCCC1. The largest absolute Gasteiger partial charge is 0.481 e. The number of fused-ring (bicyclic) bond motifs is 1. The minimum Gasteiger partial charge on any atom is -0.481 e. The number of esters is 4. The first-order valence-corrected chi connectivity index (χ1v) is 20.1. The van der Waals surface area contributed by atoms with Gasteiger partial charge in [0.25, 0.3) is 0 Å². The molecule has 8 atom stereocenters. The maximum Gasteiger partial charge on any atom is 0.313 e. The van der Waals surface area contributed by atoms with Crippen molar-refractivity contribution < 1.29 is 48.0 Å². The van der Waals surface area contributed by atoms with E-state index in [0.29, 0.717) is 25.7 Å². The van der Waals surface area contributed by atoms with Crippen LogP contribution < -0.4 is 0 Å². The predicted molar refractivity (Wildman–Crippen MR) is 194 cm³/mol. The van der Waals surface area contributed by atoms with Gasteiger partial charge in [0, 0.05) is 17.3 Å². The Labute approximate surface area is 311 Å². The molecule has 0 aromatic heterocycles. The summed E-state index contributed by atoms with van der Waals surface area (Å²) in [6, 6.07) is 0. The Kier molecular flexibility index (Phi) is 10.8. The van der Waals surface area contributed by atoms with Crippen LogP contribution in [0.3, 0.4) is 0 Å². The molecule has 10 nitrogen and oxygen atoms in total. The van der Waals surface area contributed by atoms with E-state index in [-0.39, 0.29) is 42.0 Å². The molecule has 294 valence electrons. The van der Waals surface area contributed by atoms with Crippen LogP contribution >= 0.6 is 0 Å². The van der Waals surface area contributed by atoms with Crippen molar-refractivity contribution in [3.63, 3.8) is 0 Å². The van der Waals surface area contributed by atoms with E-state index in [9.17, 15) is 29.1 Å². The average Bonchev–Trinajstić information content (AvgIpc) is 3.84. The fraction of sp³-hybridized carbons (Fsp3) is 0.881. The third-order valence-corrected chi connectivity index (χ3v) is 15.1. The molecule has 2 bridgehead atoms. The zero-order valence-corrected chi connectivity index (χ0v) is 33.6. The molecule has 5 rings (SSSR count). The number of carboxylic acid groups (broad SMARTS) is 1. The molecule has 10 heteroatoms. The van der Waals surface area contributed by atoms with Crippen LogP contribution in [0.5, 0.6) is 0 Å². The molecule has 1 saturated heterocycles. The van der Waals surface area contributed by atoms with Gasteiger partial charge in [0.1, 0.15) is 23.4 Å². The van der Waals surface area contributed by atoms with Gasteiger partial charge >= 0.3 is 29.8 Å². The molecule has 0 aromatic carbocycles. The van der Waals surface area contributed by atoms with Crippen LogP contribution in [0.15, 0.2) is 0 Å². The first-order valence-electron chi connectivity index (χ1n) is 20.1. The Balaban J connectivity index is 1.53. The average molecular weight is 731 g/mol. The van der Waals surface area contributed by atoms with E-state index in [2.05, 4.69) is 20.8 Å². The molecule has 0 radical (unpaired) electrons. The minimum absolute atomic E-state index is 0.0111. The van der Waals surface area contributed by atoms with Crippen LogP contribution in [-0.2, 0) is 42.9 Å². The molecule has 4 aliphatic carbocycles. The second-order valence-corrected chi connectivity index (χ2v) is 19.7. The third-order valence-electron chi connectivity index (χ3n) is 15.1. The van der Waals surface area contributed by atoms with Gasteiger partial charge in [0.05, 0.1) is 27.6 Å². The van der Waals surface area contributed by atoms with Gasteiger partial charge in [-0.25, -0.2) is 0 Å². The minimum atomic E-state index is -1.75. The molecule has 52 heavy (non-hydrogen) atoms. The summed E-state index contributed by atoms with van der Waals surface area (Å²) in [6.45, 7) is 18.3. The van der Waals surface area contributed by atoms with Gasteiger partial charge in [-0.3, -0.25) is 24.0 Å². The summed E-state index contributed by atoms with van der Waals surface area (Å²) in [5, 5.41) is 10.7. The van der Waals surface area contributed by atoms with Crippen molar-refractivity contribution in [2.75, 3.05) is 0 Å². The third kappa shape index (κ3) is 6.80. The molecule has 0 amide bonds. The molecule has 0 aromatic rings. The summed E-state index contributed by atoms with van der Waals surface area (Å²) < 4.78 is 25.0. The first kappa shape index (κ1) is 40.5. The van der Waals surface area contributed by atoms with Crippen LogP contribution in [-0.4, -0.2) is 58.4 Å². The molecule has 5 aliphatic rings. The van der Waals surface area contributed by atoms with Crippen molar-refractivity contribution in [3.8, 4) is 0 Å². The highest BCUT2D eigenvalue weighted by Gasteiger charge is 2.66. The predicted octanol–water partition coefficient (Wildman–Crippen LogP) is 8.36. The molecule has 0 spiro atoms. The van der Waals surface area contributed by atoms with Gasteiger partial charge in [0.2, 0.25) is 0 Å². The van der Waals surface area contributed by atoms with Crippen molar-refractivity contribution in [3.05, 3.63) is 0 Å². The molecule has 1 aliphatic heterocycles. The number of carbonyl (C=O) groups excluding carboxylic acids is 4. The summed E-state index contributed by atoms with van der Waals surface area (Å²) in [5.74, 6) is -3.40. The highest BCUT2D eigenvalue weighted by atomic mass is 16.6. The summed E-state index contributed by atoms with van der Waals surface area (Å²) in [6.07, 6.45) is 8.64. The Morgan fingerprint density at radius 1 is 0.769 bits per heavy atom. The van der Waals surface area contributed by atoms with Crippen molar-refractivity contribution in [1.29, 1.82) is 0 Å². The van der Waals surface area contributed by atoms with Gasteiger partial charge in [-0.2, -0.15) is 0 Å². The topological polar surface area (TPSA) is 143 Å². The van der Waals surface area contributed by atoms with Gasteiger partial charge in [-0.05, 0) is 125 Å². The zero-order chi connectivity index (χ0) is 38.7. The second kappa shape index (κ2) is 13.9. The summed E-state index contributed by atoms with van der Waals surface area (Å²) in [7, 11) is 0. The highest BCUT2D eigenvalue weighted by Crippen LogP contribution is 2.58. The molecule has 4 saturated carbocycles. The van der Waals surface area contributed by atoms with E-state index < -0.39 is 68.9 Å². The Morgan fingerprint density at radius 3 is 1.88 bits per heavy atom. The number of ether oxygens (including phenoxy) is 4. The van der Waals surface area contributed by atoms with Crippen LogP contribution in [0.1, 0.15) is 166 Å². The Bertz CT molecular complexity index is 1410. The lowest BCUT2D eigenvalue weighted by Gasteiger charge is -2.49. The number of hydrogen-bond donors (Lipinski definition) is 1. The lowest BCUT2D eigenvalue weighted by molar-refractivity contribution is -0.199. The van der Waals surface area contributed by atoms with Gasteiger partial charge in [0.15, 0.2) is 0 Å². The smallest absolute Gasteiger partial charge is 0.313 e. The number of hydrogen-bond acceptors (Lipinski definition) is 9. The highest BCUT2D eigenvalue weighted by molar-refractivity contribution is 5.89. The molecule has 1 N–H and O–H groups in total.